The fourth-order valence-corrected chi connectivity index (χ4v) is 4.12. The summed E-state index contributed by atoms with van der Waals surface area (Å²) in [6.45, 7) is 3.87. The zero-order chi connectivity index (χ0) is 19.0. The van der Waals surface area contributed by atoms with Crippen molar-refractivity contribution < 1.29 is 18.7 Å². The van der Waals surface area contributed by atoms with Gasteiger partial charge in [0.25, 0.3) is 0 Å². The van der Waals surface area contributed by atoms with Gasteiger partial charge < -0.3 is 14.4 Å². The molecular weight excluding hydrogens is 415 g/mol. The van der Waals surface area contributed by atoms with Crippen LogP contribution in [-0.2, 0) is 6.54 Å². The number of hydrogen-bond acceptors (Lipinski definition) is 4. The normalized spacial score (nSPS) is 15.4. The van der Waals surface area contributed by atoms with Gasteiger partial charge in [0, 0.05) is 49.7 Å². The number of anilines is 1. The molecule has 2 heterocycles. The van der Waals surface area contributed by atoms with Gasteiger partial charge in [0.05, 0.1) is 10.2 Å². The van der Waals surface area contributed by atoms with Crippen LogP contribution >= 0.6 is 15.9 Å². The van der Waals surface area contributed by atoms with Crippen LogP contribution in [-0.4, -0.2) is 42.2 Å². The SMILES string of the molecule is O=C(O)c1cc2c(Br)c(N3CCN(Cc4ccccc4F)CC3)ccc2o1. The summed E-state index contributed by atoms with van der Waals surface area (Å²) < 4.78 is 20.0. The Kier molecular flexibility index (Phi) is 4.88. The highest BCUT2D eigenvalue weighted by molar-refractivity contribution is 9.10. The number of benzene rings is 2. The Bertz CT molecular complexity index is 996. The van der Waals surface area contributed by atoms with Gasteiger partial charge in [-0.15, -0.1) is 0 Å². The molecule has 0 bridgehead atoms. The van der Waals surface area contributed by atoms with Gasteiger partial charge in [0.1, 0.15) is 11.4 Å². The van der Waals surface area contributed by atoms with Gasteiger partial charge in [0.2, 0.25) is 5.76 Å². The third kappa shape index (κ3) is 3.57. The van der Waals surface area contributed by atoms with E-state index in [9.17, 15) is 9.18 Å². The van der Waals surface area contributed by atoms with E-state index in [2.05, 4.69) is 25.7 Å². The van der Waals surface area contributed by atoms with E-state index in [1.54, 1.807) is 18.2 Å². The summed E-state index contributed by atoms with van der Waals surface area (Å²) in [4.78, 5) is 15.6. The van der Waals surface area contributed by atoms with Gasteiger partial charge >= 0.3 is 5.97 Å². The minimum atomic E-state index is -1.08. The number of nitrogens with zero attached hydrogens (tertiary/aromatic N) is 2. The van der Waals surface area contributed by atoms with E-state index < -0.39 is 5.97 Å². The number of carboxylic acids is 1. The molecule has 0 atom stereocenters. The summed E-state index contributed by atoms with van der Waals surface area (Å²) in [5, 5.41) is 9.86. The quantitative estimate of drug-likeness (QED) is 0.663. The first-order valence-electron chi connectivity index (χ1n) is 8.69. The van der Waals surface area contributed by atoms with Crippen molar-refractivity contribution in [2.24, 2.45) is 0 Å². The van der Waals surface area contributed by atoms with Crippen LogP contribution in [0.5, 0.6) is 0 Å². The van der Waals surface area contributed by atoms with Crippen LogP contribution in [0, 0.1) is 5.82 Å². The first-order chi connectivity index (χ1) is 13.0. The molecule has 1 aliphatic rings. The Morgan fingerprint density at radius 1 is 1.15 bits per heavy atom. The molecular formula is C20H18BrFN2O3. The van der Waals surface area contributed by atoms with Crippen molar-refractivity contribution in [3.8, 4) is 0 Å². The molecule has 0 aliphatic carbocycles. The lowest BCUT2D eigenvalue weighted by Crippen LogP contribution is -2.46. The molecule has 0 radical (unpaired) electrons. The number of piperazine rings is 1. The highest BCUT2D eigenvalue weighted by atomic mass is 79.9. The first-order valence-corrected chi connectivity index (χ1v) is 9.48. The highest BCUT2D eigenvalue weighted by Gasteiger charge is 2.22. The molecule has 0 saturated carbocycles. The maximum atomic E-state index is 13.9. The predicted molar refractivity (Wildman–Crippen MR) is 105 cm³/mol. The lowest BCUT2D eigenvalue weighted by atomic mass is 10.1. The van der Waals surface area contributed by atoms with Crippen LogP contribution in [0.2, 0.25) is 0 Å². The number of furan rings is 1. The Balaban J connectivity index is 1.48. The Hall–Kier alpha value is -2.38. The fraction of sp³-hybridized carbons (Fsp3) is 0.250. The van der Waals surface area contributed by atoms with Gasteiger partial charge in [0.15, 0.2) is 0 Å². The maximum absolute atomic E-state index is 13.9. The van der Waals surface area contributed by atoms with E-state index in [4.69, 9.17) is 9.52 Å². The summed E-state index contributed by atoms with van der Waals surface area (Å²) in [6.07, 6.45) is 0. The van der Waals surface area contributed by atoms with Gasteiger partial charge in [-0.2, -0.15) is 0 Å². The Morgan fingerprint density at radius 2 is 1.89 bits per heavy atom. The van der Waals surface area contributed by atoms with Crippen molar-refractivity contribution in [3.63, 3.8) is 0 Å². The molecule has 1 fully saturated rings. The average Bonchev–Trinajstić information content (AvgIpc) is 3.11. The molecule has 4 rings (SSSR count). The minimum absolute atomic E-state index is 0.0717. The van der Waals surface area contributed by atoms with E-state index in [0.717, 1.165) is 41.7 Å². The third-order valence-electron chi connectivity index (χ3n) is 4.89. The molecule has 1 aromatic heterocycles. The van der Waals surface area contributed by atoms with Gasteiger partial charge in [-0.1, -0.05) is 18.2 Å². The molecule has 5 nitrogen and oxygen atoms in total. The molecule has 1 aliphatic heterocycles. The second kappa shape index (κ2) is 7.32. The summed E-state index contributed by atoms with van der Waals surface area (Å²) >= 11 is 3.60. The highest BCUT2D eigenvalue weighted by Crippen LogP contribution is 2.36. The van der Waals surface area contributed by atoms with Crippen LogP contribution in [0.1, 0.15) is 16.1 Å². The monoisotopic (exact) mass is 432 g/mol. The summed E-state index contributed by atoms with van der Waals surface area (Å²) in [5.41, 5.74) is 2.26. The van der Waals surface area contributed by atoms with E-state index in [0.29, 0.717) is 17.7 Å². The lowest BCUT2D eigenvalue weighted by Gasteiger charge is -2.36. The maximum Gasteiger partial charge on any atom is 0.371 e. The number of carbonyl (C=O) groups is 1. The topological polar surface area (TPSA) is 56.9 Å². The van der Waals surface area contributed by atoms with Crippen molar-refractivity contribution in [1.29, 1.82) is 0 Å². The molecule has 3 aromatic rings. The lowest BCUT2D eigenvalue weighted by molar-refractivity contribution is 0.0665. The summed E-state index contributed by atoms with van der Waals surface area (Å²) in [7, 11) is 0. The van der Waals surface area contributed by atoms with Crippen molar-refractivity contribution in [2.75, 3.05) is 31.1 Å². The first kappa shape index (κ1) is 18.0. The number of rotatable bonds is 4. The number of fused-ring (bicyclic) bond motifs is 1. The average molecular weight is 433 g/mol. The van der Waals surface area contributed by atoms with Gasteiger partial charge in [-0.25, -0.2) is 9.18 Å². The molecule has 1 N–H and O–H groups in total. The molecule has 1 saturated heterocycles. The number of aromatic carboxylic acids is 1. The largest absolute Gasteiger partial charge is 0.475 e. The van der Waals surface area contributed by atoms with Crippen LogP contribution in [0.25, 0.3) is 11.0 Å². The van der Waals surface area contributed by atoms with Crippen molar-refractivity contribution in [2.45, 2.75) is 6.54 Å². The van der Waals surface area contributed by atoms with E-state index in [1.165, 1.54) is 6.07 Å². The molecule has 27 heavy (non-hydrogen) atoms. The second-order valence-corrected chi connectivity index (χ2v) is 7.37. The van der Waals surface area contributed by atoms with Gasteiger partial charge in [-0.3, -0.25) is 4.90 Å². The predicted octanol–water partition coefficient (Wildman–Crippen LogP) is 4.35. The van der Waals surface area contributed by atoms with Gasteiger partial charge in [-0.05, 0) is 34.1 Å². The van der Waals surface area contributed by atoms with Crippen LogP contribution in [0.15, 0.2) is 51.4 Å². The van der Waals surface area contributed by atoms with Crippen LogP contribution in [0.4, 0.5) is 10.1 Å². The minimum Gasteiger partial charge on any atom is -0.475 e. The molecule has 140 valence electrons. The standard InChI is InChI=1S/C20H18BrFN2O3/c21-19-14-11-18(20(25)26)27-17(14)6-5-16(19)24-9-7-23(8-10-24)12-13-3-1-2-4-15(13)22/h1-6,11H,7-10,12H2,(H,25,26). The molecule has 7 heteroatoms. The number of hydrogen-bond donors (Lipinski definition) is 1. The summed E-state index contributed by atoms with van der Waals surface area (Å²) in [5.74, 6) is -1.32. The zero-order valence-electron chi connectivity index (χ0n) is 14.5. The Labute approximate surface area is 164 Å². The second-order valence-electron chi connectivity index (χ2n) is 6.58. The molecule has 2 aromatic carbocycles. The third-order valence-corrected chi connectivity index (χ3v) is 5.72. The van der Waals surface area contributed by atoms with Crippen LogP contribution in [0.3, 0.4) is 0 Å². The Morgan fingerprint density at radius 3 is 2.59 bits per heavy atom. The summed E-state index contributed by atoms with van der Waals surface area (Å²) in [6, 6.07) is 12.2. The van der Waals surface area contributed by atoms with E-state index >= 15 is 0 Å². The van der Waals surface area contributed by atoms with Crippen molar-refractivity contribution >= 4 is 38.6 Å². The molecule has 0 amide bonds. The smallest absolute Gasteiger partial charge is 0.371 e. The number of halogens is 2. The molecule has 0 spiro atoms. The van der Waals surface area contributed by atoms with E-state index in [-0.39, 0.29) is 11.6 Å². The molecule has 0 unspecified atom stereocenters. The fourth-order valence-electron chi connectivity index (χ4n) is 3.43. The number of carboxylic acid groups (broad SMARTS) is 1. The van der Waals surface area contributed by atoms with Crippen molar-refractivity contribution in [1.82, 2.24) is 4.90 Å². The zero-order valence-corrected chi connectivity index (χ0v) is 16.1. The van der Waals surface area contributed by atoms with E-state index in [1.807, 2.05) is 18.2 Å². The van der Waals surface area contributed by atoms with Crippen LogP contribution < -0.4 is 4.90 Å². The van der Waals surface area contributed by atoms with Crippen molar-refractivity contribution in [3.05, 3.63) is 64.1 Å².